The molecule has 0 amide bonds. The summed E-state index contributed by atoms with van der Waals surface area (Å²) in [6.45, 7) is 0.0456. The minimum absolute atomic E-state index is 0.0456. The molecule has 0 saturated carbocycles. The zero-order valence-electron chi connectivity index (χ0n) is 11.6. The Balaban J connectivity index is 3.00. The van der Waals surface area contributed by atoms with Gasteiger partial charge in [-0.25, -0.2) is 4.79 Å². The van der Waals surface area contributed by atoms with Crippen LogP contribution in [0.1, 0.15) is 5.56 Å². The van der Waals surface area contributed by atoms with Gasteiger partial charge >= 0.3 is 5.97 Å². The largest absolute Gasteiger partial charge is 0.497 e. The van der Waals surface area contributed by atoms with Crippen molar-refractivity contribution < 1.29 is 28.9 Å². The van der Waals surface area contributed by atoms with Crippen molar-refractivity contribution in [2.24, 2.45) is 5.16 Å². The second kappa shape index (κ2) is 8.00. The Morgan fingerprint density at radius 3 is 2.60 bits per heavy atom. The molecule has 0 unspecified atom stereocenters. The predicted molar refractivity (Wildman–Crippen MR) is 70.4 cm³/mol. The van der Waals surface area contributed by atoms with Crippen LogP contribution in [0.15, 0.2) is 23.4 Å². The first kappa shape index (κ1) is 15.8. The molecule has 0 aliphatic carbocycles. The van der Waals surface area contributed by atoms with Gasteiger partial charge in [0.2, 0.25) is 0 Å². The van der Waals surface area contributed by atoms with E-state index in [1.165, 1.54) is 21.3 Å². The molecule has 0 fully saturated rings. The van der Waals surface area contributed by atoms with Gasteiger partial charge in [0, 0.05) is 25.2 Å². The summed E-state index contributed by atoms with van der Waals surface area (Å²) in [4.78, 5) is 11.4. The van der Waals surface area contributed by atoms with Gasteiger partial charge in [-0.15, -0.1) is 0 Å². The van der Waals surface area contributed by atoms with Crippen molar-refractivity contribution in [3.05, 3.63) is 23.8 Å². The number of hydrogen-bond donors (Lipinski definition) is 1. The van der Waals surface area contributed by atoms with Crippen molar-refractivity contribution >= 4 is 11.7 Å². The second-order valence-corrected chi connectivity index (χ2v) is 3.74. The van der Waals surface area contributed by atoms with Crippen molar-refractivity contribution in [2.75, 3.05) is 28.1 Å². The SMILES string of the molecule is COCOc1cc(OC)ccc1CC(=NO)C(=O)OC. The zero-order chi connectivity index (χ0) is 15.0. The normalized spacial score (nSPS) is 11.1. The summed E-state index contributed by atoms with van der Waals surface area (Å²) in [5.41, 5.74) is 0.515. The lowest BCUT2D eigenvalue weighted by molar-refractivity contribution is -0.132. The molecule has 110 valence electrons. The molecular formula is C13H17NO6. The Bertz CT molecular complexity index is 486. The maximum atomic E-state index is 11.4. The highest BCUT2D eigenvalue weighted by molar-refractivity contribution is 6.36. The third-order valence-corrected chi connectivity index (χ3v) is 2.51. The number of benzene rings is 1. The van der Waals surface area contributed by atoms with Crippen molar-refractivity contribution in [1.29, 1.82) is 0 Å². The maximum Gasteiger partial charge on any atom is 0.356 e. The van der Waals surface area contributed by atoms with Gasteiger partial charge in [-0.05, 0) is 6.07 Å². The number of carbonyl (C=O) groups is 1. The molecule has 7 nitrogen and oxygen atoms in total. The van der Waals surface area contributed by atoms with Crippen LogP contribution < -0.4 is 9.47 Å². The second-order valence-electron chi connectivity index (χ2n) is 3.74. The Hall–Kier alpha value is -2.28. The lowest BCUT2D eigenvalue weighted by atomic mass is 10.1. The van der Waals surface area contributed by atoms with Gasteiger partial charge < -0.3 is 24.2 Å². The Morgan fingerprint density at radius 1 is 1.30 bits per heavy atom. The number of carbonyl (C=O) groups excluding carboxylic acids is 1. The topological polar surface area (TPSA) is 86.6 Å². The van der Waals surface area contributed by atoms with E-state index in [4.69, 9.17) is 19.4 Å². The summed E-state index contributed by atoms with van der Waals surface area (Å²) in [5.74, 6) is 0.359. The highest BCUT2D eigenvalue weighted by atomic mass is 16.7. The molecule has 1 aromatic rings. The van der Waals surface area contributed by atoms with Crippen molar-refractivity contribution in [3.8, 4) is 11.5 Å². The maximum absolute atomic E-state index is 11.4. The third kappa shape index (κ3) is 4.13. The molecule has 0 spiro atoms. The molecule has 0 bridgehead atoms. The van der Waals surface area contributed by atoms with E-state index in [0.717, 1.165) is 0 Å². The summed E-state index contributed by atoms with van der Waals surface area (Å²) in [7, 11) is 4.24. The van der Waals surface area contributed by atoms with Crippen LogP contribution in [0.5, 0.6) is 11.5 Å². The number of nitrogens with zero attached hydrogens (tertiary/aromatic N) is 1. The van der Waals surface area contributed by atoms with Gasteiger partial charge in [-0.1, -0.05) is 11.2 Å². The van der Waals surface area contributed by atoms with Gasteiger partial charge in [0.25, 0.3) is 0 Å². The van der Waals surface area contributed by atoms with E-state index in [2.05, 4.69) is 9.89 Å². The molecule has 1 aromatic carbocycles. The fourth-order valence-corrected chi connectivity index (χ4v) is 1.51. The lowest BCUT2D eigenvalue weighted by Gasteiger charge is -2.12. The standard InChI is InChI=1S/C13H17NO6/c1-17-8-20-12-7-10(18-2)5-4-9(12)6-11(14-16)13(15)19-3/h4-5,7,16H,6,8H2,1-3H3. The van der Waals surface area contributed by atoms with Crippen LogP contribution in [-0.4, -0.2) is 45.0 Å². The van der Waals surface area contributed by atoms with Crippen molar-refractivity contribution in [2.45, 2.75) is 6.42 Å². The smallest absolute Gasteiger partial charge is 0.356 e. The Labute approximate surface area is 116 Å². The van der Waals surface area contributed by atoms with E-state index < -0.39 is 5.97 Å². The lowest BCUT2D eigenvalue weighted by Crippen LogP contribution is -2.19. The van der Waals surface area contributed by atoms with Gasteiger partial charge in [0.1, 0.15) is 11.5 Å². The van der Waals surface area contributed by atoms with Gasteiger partial charge in [-0.2, -0.15) is 0 Å². The third-order valence-electron chi connectivity index (χ3n) is 2.51. The van der Waals surface area contributed by atoms with Crippen molar-refractivity contribution in [3.63, 3.8) is 0 Å². The highest BCUT2D eigenvalue weighted by Gasteiger charge is 2.16. The number of ether oxygens (including phenoxy) is 4. The zero-order valence-corrected chi connectivity index (χ0v) is 11.6. The van der Waals surface area contributed by atoms with Crippen LogP contribution in [0, 0.1) is 0 Å². The average molecular weight is 283 g/mol. The highest BCUT2D eigenvalue weighted by Crippen LogP contribution is 2.25. The molecule has 0 radical (unpaired) electrons. The summed E-state index contributed by atoms with van der Waals surface area (Å²) in [6.07, 6.45) is 0.0617. The molecule has 0 aromatic heterocycles. The van der Waals surface area contributed by atoms with E-state index in [-0.39, 0.29) is 18.9 Å². The van der Waals surface area contributed by atoms with Crippen LogP contribution in [0.2, 0.25) is 0 Å². The number of esters is 1. The van der Waals surface area contributed by atoms with Gasteiger partial charge in [0.15, 0.2) is 12.5 Å². The monoisotopic (exact) mass is 283 g/mol. The molecule has 0 saturated heterocycles. The number of hydrogen-bond acceptors (Lipinski definition) is 7. The van der Waals surface area contributed by atoms with E-state index in [9.17, 15) is 4.79 Å². The molecular weight excluding hydrogens is 266 g/mol. The predicted octanol–water partition coefficient (Wildman–Crippen LogP) is 1.22. The number of rotatable bonds is 7. The van der Waals surface area contributed by atoms with Crippen molar-refractivity contribution in [1.82, 2.24) is 0 Å². The van der Waals surface area contributed by atoms with E-state index in [1.54, 1.807) is 18.2 Å². The number of oxime groups is 1. The molecule has 0 aliphatic heterocycles. The Morgan fingerprint density at radius 2 is 2.05 bits per heavy atom. The van der Waals surface area contributed by atoms with Crippen LogP contribution in [-0.2, 0) is 20.7 Å². The summed E-state index contributed by atoms with van der Waals surface area (Å²) >= 11 is 0. The van der Waals surface area contributed by atoms with Crippen LogP contribution in [0.4, 0.5) is 0 Å². The molecule has 0 heterocycles. The molecule has 7 heteroatoms. The molecule has 20 heavy (non-hydrogen) atoms. The van der Waals surface area contributed by atoms with Gasteiger partial charge in [-0.3, -0.25) is 0 Å². The first-order valence-corrected chi connectivity index (χ1v) is 5.74. The minimum Gasteiger partial charge on any atom is -0.497 e. The van der Waals surface area contributed by atoms with Crippen LogP contribution in [0.3, 0.4) is 0 Å². The molecule has 1 N–H and O–H groups in total. The number of methoxy groups -OCH3 is 3. The summed E-state index contributed by atoms with van der Waals surface area (Å²) < 4.78 is 19.9. The molecule has 1 rings (SSSR count). The van der Waals surface area contributed by atoms with E-state index in [1.807, 2.05) is 0 Å². The quantitative estimate of drug-likeness (QED) is 0.266. The summed E-state index contributed by atoms with van der Waals surface area (Å²) in [6, 6.07) is 5.07. The fraction of sp³-hybridized carbons (Fsp3) is 0.385. The van der Waals surface area contributed by atoms with E-state index >= 15 is 0 Å². The molecule has 0 atom stereocenters. The Kier molecular flexibility index (Phi) is 6.31. The van der Waals surface area contributed by atoms with Crippen LogP contribution >= 0.6 is 0 Å². The first-order chi connectivity index (χ1) is 9.65. The first-order valence-electron chi connectivity index (χ1n) is 5.74. The minimum atomic E-state index is -0.707. The van der Waals surface area contributed by atoms with Crippen LogP contribution in [0.25, 0.3) is 0 Å². The fourth-order valence-electron chi connectivity index (χ4n) is 1.51. The molecule has 0 aliphatic rings. The van der Waals surface area contributed by atoms with Gasteiger partial charge in [0.05, 0.1) is 14.2 Å². The summed E-state index contributed by atoms with van der Waals surface area (Å²) in [5, 5.41) is 11.8. The average Bonchev–Trinajstić information content (AvgIpc) is 2.50. The van der Waals surface area contributed by atoms with E-state index in [0.29, 0.717) is 17.1 Å².